The lowest BCUT2D eigenvalue weighted by atomic mass is 10.1. The molecule has 0 aliphatic heterocycles. The average molecular weight is 403 g/mol. The highest BCUT2D eigenvalue weighted by Crippen LogP contribution is 2.32. The highest BCUT2D eigenvalue weighted by atomic mass is 35.5. The van der Waals surface area contributed by atoms with Crippen molar-refractivity contribution in [1.82, 2.24) is 4.98 Å². The third-order valence-corrected chi connectivity index (χ3v) is 5.11. The van der Waals surface area contributed by atoms with E-state index in [9.17, 15) is 0 Å². The van der Waals surface area contributed by atoms with Crippen molar-refractivity contribution >= 4 is 45.5 Å². The van der Waals surface area contributed by atoms with Gasteiger partial charge >= 0.3 is 0 Å². The van der Waals surface area contributed by atoms with Gasteiger partial charge in [0, 0.05) is 22.5 Å². The molecule has 0 aliphatic rings. The number of ether oxygens (including phenoxy) is 1. The number of anilines is 2. The summed E-state index contributed by atoms with van der Waals surface area (Å²) < 4.78 is 5.94. The molecule has 0 atom stereocenters. The zero-order valence-corrected chi connectivity index (χ0v) is 17.2. The predicted molar refractivity (Wildman–Crippen MR) is 116 cm³/mol. The van der Waals surface area contributed by atoms with Crippen molar-refractivity contribution in [3.63, 3.8) is 0 Å². The lowest BCUT2D eigenvalue weighted by molar-refractivity contribution is 0.305. The van der Waals surface area contributed by atoms with Crippen molar-refractivity contribution in [2.24, 2.45) is 0 Å². The second-order valence-electron chi connectivity index (χ2n) is 6.65. The monoisotopic (exact) mass is 402 g/mol. The fourth-order valence-electron chi connectivity index (χ4n) is 2.98. The fourth-order valence-corrected chi connectivity index (χ4v) is 3.28. The molecule has 0 saturated carbocycles. The molecular weight excluding hydrogens is 379 g/mol. The minimum absolute atomic E-state index is 0.521. The Morgan fingerprint density at radius 2 is 1.81 bits per heavy atom. The standard InChI is InChI=1S/C22H24Cl2N2O/c1-3-4-5-6-11-27-17-8-10-21-18(14-17)22(12-15(2)25-21)26-16-7-9-19(23)20(24)13-16/h7-10,12-14H,3-6,11H2,1-2H3,(H,25,26). The number of hydrogen-bond donors (Lipinski definition) is 1. The van der Waals surface area contributed by atoms with E-state index < -0.39 is 0 Å². The molecule has 0 radical (unpaired) electrons. The summed E-state index contributed by atoms with van der Waals surface area (Å²) >= 11 is 12.2. The minimum Gasteiger partial charge on any atom is -0.494 e. The molecule has 3 nitrogen and oxygen atoms in total. The molecule has 0 bridgehead atoms. The van der Waals surface area contributed by atoms with Gasteiger partial charge < -0.3 is 10.1 Å². The zero-order valence-electron chi connectivity index (χ0n) is 15.7. The lowest BCUT2D eigenvalue weighted by Crippen LogP contribution is -1.99. The van der Waals surface area contributed by atoms with E-state index in [0.29, 0.717) is 10.0 Å². The molecule has 5 heteroatoms. The molecule has 0 fully saturated rings. The maximum Gasteiger partial charge on any atom is 0.120 e. The van der Waals surface area contributed by atoms with Crippen LogP contribution < -0.4 is 10.1 Å². The fraction of sp³-hybridized carbons (Fsp3) is 0.318. The van der Waals surface area contributed by atoms with Crippen LogP contribution >= 0.6 is 23.2 Å². The van der Waals surface area contributed by atoms with E-state index in [4.69, 9.17) is 27.9 Å². The predicted octanol–water partition coefficient (Wildman–Crippen LogP) is 7.55. The number of benzene rings is 2. The third kappa shape index (κ3) is 5.27. The van der Waals surface area contributed by atoms with Gasteiger partial charge in [-0.1, -0.05) is 49.4 Å². The average Bonchev–Trinajstić information content (AvgIpc) is 2.65. The van der Waals surface area contributed by atoms with Gasteiger partial charge in [0.2, 0.25) is 0 Å². The number of pyridine rings is 1. The van der Waals surface area contributed by atoms with Gasteiger partial charge in [-0.3, -0.25) is 4.98 Å². The molecule has 27 heavy (non-hydrogen) atoms. The zero-order chi connectivity index (χ0) is 19.2. The summed E-state index contributed by atoms with van der Waals surface area (Å²) in [5.74, 6) is 0.863. The van der Waals surface area contributed by atoms with E-state index in [0.717, 1.165) is 46.7 Å². The van der Waals surface area contributed by atoms with Crippen molar-refractivity contribution in [3.8, 4) is 5.75 Å². The number of unbranched alkanes of at least 4 members (excludes halogenated alkanes) is 3. The van der Waals surface area contributed by atoms with Crippen LogP contribution in [-0.4, -0.2) is 11.6 Å². The second kappa shape index (κ2) is 9.29. The van der Waals surface area contributed by atoms with Gasteiger partial charge in [-0.2, -0.15) is 0 Å². The van der Waals surface area contributed by atoms with E-state index in [2.05, 4.69) is 17.2 Å². The van der Waals surface area contributed by atoms with Crippen LogP contribution in [0.3, 0.4) is 0 Å². The van der Waals surface area contributed by atoms with Gasteiger partial charge in [0.1, 0.15) is 5.75 Å². The lowest BCUT2D eigenvalue weighted by Gasteiger charge is -2.13. The van der Waals surface area contributed by atoms with Gasteiger partial charge in [-0.25, -0.2) is 0 Å². The van der Waals surface area contributed by atoms with Crippen LogP contribution in [0.25, 0.3) is 10.9 Å². The van der Waals surface area contributed by atoms with Crippen LogP contribution in [0.5, 0.6) is 5.75 Å². The van der Waals surface area contributed by atoms with Crippen LogP contribution in [0, 0.1) is 6.92 Å². The Morgan fingerprint density at radius 3 is 2.59 bits per heavy atom. The molecule has 0 aliphatic carbocycles. The molecular formula is C22H24Cl2N2O. The first-order chi connectivity index (χ1) is 13.1. The van der Waals surface area contributed by atoms with Crippen molar-refractivity contribution in [2.45, 2.75) is 39.5 Å². The van der Waals surface area contributed by atoms with Crippen LogP contribution in [0.1, 0.15) is 38.3 Å². The van der Waals surface area contributed by atoms with Crippen LogP contribution in [0.2, 0.25) is 10.0 Å². The second-order valence-corrected chi connectivity index (χ2v) is 7.47. The van der Waals surface area contributed by atoms with Gasteiger partial charge in [-0.05, 0) is 55.8 Å². The normalized spacial score (nSPS) is 11.0. The van der Waals surface area contributed by atoms with Crippen LogP contribution in [-0.2, 0) is 0 Å². The summed E-state index contributed by atoms with van der Waals surface area (Å²) in [6.45, 7) is 4.93. The van der Waals surface area contributed by atoms with Crippen molar-refractivity contribution in [1.29, 1.82) is 0 Å². The Bertz CT molecular complexity index is 928. The van der Waals surface area contributed by atoms with Crippen LogP contribution in [0.15, 0.2) is 42.5 Å². The number of nitrogens with zero attached hydrogens (tertiary/aromatic N) is 1. The molecule has 0 saturated heterocycles. The maximum atomic E-state index is 6.14. The van der Waals surface area contributed by atoms with Crippen molar-refractivity contribution < 1.29 is 4.74 Å². The van der Waals surface area contributed by atoms with Crippen molar-refractivity contribution in [2.75, 3.05) is 11.9 Å². The number of halogens is 2. The first-order valence-electron chi connectivity index (χ1n) is 9.33. The highest BCUT2D eigenvalue weighted by Gasteiger charge is 2.08. The summed E-state index contributed by atoms with van der Waals surface area (Å²) in [6, 6.07) is 13.6. The Kier molecular flexibility index (Phi) is 6.81. The van der Waals surface area contributed by atoms with E-state index in [1.165, 1.54) is 19.3 Å². The minimum atomic E-state index is 0.521. The summed E-state index contributed by atoms with van der Waals surface area (Å²) in [4.78, 5) is 4.63. The Hall–Kier alpha value is -1.97. The van der Waals surface area contributed by atoms with Gasteiger partial charge in [0.05, 0.1) is 22.2 Å². The molecule has 0 unspecified atom stereocenters. The number of aryl methyl sites for hydroxylation is 1. The van der Waals surface area contributed by atoms with Gasteiger partial charge in [0.25, 0.3) is 0 Å². The molecule has 2 aromatic carbocycles. The summed E-state index contributed by atoms with van der Waals surface area (Å²) in [7, 11) is 0. The van der Waals surface area contributed by atoms with E-state index in [1.54, 1.807) is 6.07 Å². The molecule has 1 N–H and O–H groups in total. The molecule has 0 amide bonds. The third-order valence-electron chi connectivity index (χ3n) is 4.37. The van der Waals surface area contributed by atoms with E-state index >= 15 is 0 Å². The first-order valence-corrected chi connectivity index (χ1v) is 10.1. The van der Waals surface area contributed by atoms with Gasteiger partial charge in [0.15, 0.2) is 0 Å². The van der Waals surface area contributed by atoms with Crippen LogP contribution in [0.4, 0.5) is 11.4 Å². The smallest absolute Gasteiger partial charge is 0.120 e. The number of rotatable bonds is 8. The quantitative estimate of drug-likeness (QED) is 0.394. The number of fused-ring (bicyclic) bond motifs is 1. The number of hydrogen-bond acceptors (Lipinski definition) is 3. The molecule has 3 rings (SSSR count). The summed E-state index contributed by atoms with van der Waals surface area (Å²) in [5, 5.41) is 5.50. The molecule has 0 spiro atoms. The van der Waals surface area contributed by atoms with E-state index in [1.807, 2.05) is 43.3 Å². The first kappa shape index (κ1) is 19.8. The highest BCUT2D eigenvalue weighted by molar-refractivity contribution is 6.42. The Labute approximate surface area is 170 Å². The molecule has 1 heterocycles. The topological polar surface area (TPSA) is 34.1 Å². The Morgan fingerprint density at radius 1 is 0.963 bits per heavy atom. The maximum absolute atomic E-state index is 6.14. The number of nitrogens with one attached hydrogen (secondary N) is 1. The molecule has 1 aromatic heterocycles. The van der Waals surface area contributed by atoms with Crippen molar-refractivity contribution in [3.05, 3.63) is 58.2 Å². The van der Waals surface area contributed by atoms with Gasteiger partial charge in [-0.15, -0.1) is 0 Å². The largest absolute Gasteiger partial charge is 0.494 e. The summed E-state index contributed by atoms with van der Waals surface area (Å²) in [5.41, 5.74) is 3.71. The molecule has 3 aromatic rings. The number of aromatic nitrogens is 1. The molecule has 142 valence electrons. The summed E-state index contributed by atoms with van der Waals surface area (Å²) in [6.07, 6.45) is 4.76. The SMILES string of the molecule is CCCCCCOc1ccc2nc(C)cc(Nc3ccc(Cl)c(Cl)c3)c2c1. The Balaban J connectivity index is 1.84. The van der Waals surface area contributed by atoms with E-state index in [-0.39, 0.29) is 0 Å².